The lowest BCUT2D eigenvalue weighted by atomic mass is 10.3. The van der Waals surface area contributed by atoms with Crippen LogP contribution in [0.25, 0.3) is 0 Å². The first-order chi connectivity index (χ1) is 16.7. The summed E-state index contributed by atoms with van der Waals surface area (Å²) in [5.74, 6) is -4.84. The van der Waals surface area contributed by atoms with Gasteiger partial charge in [0.25, 0.3) is 11.4 Å². The quantitative estimate of drug-likeness (QED) is 0.177. The highest BCUT2D eigenvalue weighted by Gasteiger charge is 2.46. The molecule has 0 bridgehead atoms. The van der Waals surface area contributed by atoms with E-state index in [9.17, 15) is 47.6 Å². The molecule has 0 saturated heterocycles. The minimum absolute atomic E-state index is 0.187. The fourth-order valence-corrected chi connectivity index (χ4v) is 4.31. The van der Waals surface area contributed by atoms with Crippen LogP contribution in [-0.4, -0.2) is 52.2 Å². The topological polar surface area (TPSA) is 168 Å². The van der Waals surface area contributed by atoms with Gasteiger partial charge in [-0.2, -0.15) is 13.2 Å². The highest BCUT2D eigenvalue weighted by atomic mass is 31.2. The molecule has 2 rings (SSSR count). The van der Waals surface area contributed by atoms with Crippen LogP contribution in [0.2, 0.25) is 0 Å². The van der Waals surface area contributed by atoms with Crippen molar-refractivity contribution in [3.63, 3.8) is 0 Å². The maximum atomic E-state index is 13.6. The van der Waals surface area contributed by atoms with Gasteiger partial charge in [0, 0.05) is 12.1 Å². The summed E-state index contributed by atoms with van der Waals surface area (Å²) >= 11 is 0. The molecule has 0 spiro atoms. The number of rotatable bonds is 11. The van der Waals surface area contributed by atoms with Crippen molar-refractivity contribution in [3.05, 3.63) is 68.8 Å². The molecule has 36 heavy (non-hydrogen) atoms. The van der Waals surface area contributed by atoms with E-state index in [1.54, 1.807) is 0 Å². The third-order valence-electron chi connectivity index (χ3n) is 4.04. The summed E-state index contributed by atoms with van der Waals surface area (Å²) in [5, 5.41) is 22.1. The van der Waals surface area contributed by atoms with Crippen LogP contribution < -0.4 is 9.05 Å². The summed E-state index contributed by atoms with van der Waals surface area (Å²) in [5.41, 5.74) is -1.08. The number of alkyl halides is 3. The fourth-order valence-electron chi connectivity index (χ4n) is 2.64. The Labute approximate surface area is 200 Å². The molecular weight excluding hydrogens is 518 g/mol. The Morgan fingerprint density at radius 1 is 0.972 bits per heavy atom. The van der Waals surface area contributed by atoms with Crippen molar-refractivity contribution in [1.29, 1.82) is 0 Å². The number of halogens is 3. The molecule has 13 nitrogen and oxygen atoms in total. The van der Waals surface area contributed by atoms with E-state index < -0.39 is 71.2 Å². The van der Waals surface area contributed by atoms with Crippen LogP contribution in [0.1, 0.15) is 6.92 Å². The van der Waals surface area contributed by atoms with E-state index in [0.717, 1.165) is 48.5 Å². The predicted octanol–water partition coefficient (Wildman–Crippen LogP) is 4.07. The third kappa shape index (κ3) is 7.94. The standard InChI is InChI=1S/C19H17F3N3O10P/c1-2-33-17(26)11-23(18(27)19(20,21)22)12-36(32,34-15-7-3-5-13(9-15)24(28)29)35-16-8-4-6-14(10-16)25(30)31/h3-10H,2,11-12H2,1H3. The molecular formula is C19H17F3N3O10P. The lowest BCUT2D eigenvalue weighted by molar-refractivity contribution is -0.385. The summed E-state index contributed by atoms with van der Waals surface area (Å²) in [6.45, 7) is -0.179. The molecule has 0 aliphatic rings. The summed E-state index contributed by atoms with van der Waals surface area (Å²) in [7, 11) is -4.97. The molecule has 2 aromatic rings. The van der Waals surface area contributed by atoms with Gasteiger partial charge in [-0.3, -0.25) is 29.8 Å². The molecule has 0 N–H and O–H groups in total. The molecule has 0 aliphatic carbocycles. The average Bonchev–Trinajstić information content (AvgIpc) is 2.77. The molecule has 17 heteroatoms. The Bertz CT molecular complexity index is 1140. The number of benzene rings is 2. The molecule has 1 amide bonds. The van der Waals surface area contributed by atoms with E-state index in [-0.39, 0.29) is 11.5 Å². The van der Waals surface area contributed by atoms with Crippen molar-refractivity contribution in [1.82, 2.24) is 4.90 Å². The average molecular weight is 535 g/mol. The molecule has 0 unspecified atom stereocenters. The number of carbonyl (C=O) groups is 2. The Morgan fingerprint density at radius 3 is 1.83 bits per heavy atom. The first kappa shape index (κ1) is 28.0. The predicted molar refractivity (Wildman–Crippen MR) is 114 cm³/mol. The largest absolute Gasteiger partial charge is 0.471 e. The SMILES string of the molecule is CCOC(=O)CN(CP(=O)(Oc1cccc([N+](=O)[O-])c1)Oc1cccc([N+](=O)[O-])c1)C(=O)C(F)(F)F. The zero-order valence-electron chi connectivity index (χ0n) is 18.2. The zero-order chi connectivity index (χ0) is 27.1. The van der Waals surface area contributed by atoms with E-state index in [2.05, 4.69) is 4.74 Å². The number of amides is 1. The molecule has 0 aromatic heterocycles. The molecule has 0 atom stereocenters. The van der Waals surface area contributed by atoms with Gasteiger partial charge < -0.3 is 18.7 Å². The lowest BCUT2D eigenvalue weighted by Gasteiger charge is -2.27. The van der Waals surface area contributed by atoms with Crippen molar-refractivity contribution < 1.29 is 51.0 Å². The van der Waals surface area contributed by atoms with Crippen LogP contribution in [-0.2, 0) is 18.9 Å². The molecule has 194 valence electrons. The first-order valence-corrected chi connectivity index (χ1v) is 11.5. The minimum Gasteiger partial charge on any atom is -0.465 e. The van der Waals surface area contributed by atoms with Gasteiger partial charge in [-0.1, -0.05) is 12.1 Å². The number of non-ortho nitro benzene ring substituents is 2. The second-order valence-electron chi connectivity index (χ2n) is 6.75. The maximum Gasteiger partial charge on any atom is 0.471 e. The smallest absolute Gasteiger partial charge is 0.465 e. The summed E-state index contributed by atoms with van der Waals surface area (Å²) in [6, 6.07) is 8.01. The van der Waals surface area contributed by atoms with E-state index in [1.165, 1.54) is 6.92 Å². The number of esters is 1. The number of nitrogens with zero attached hydrogens (tertiary/aromatic N) is 3. The lowest BCUT2D eigenvalue weighted by Crippen LogP contribution is -2.45. The summed E-state index contributed by atoms with van der Waals surface area (Å²) < 4.78 is 68.1. The van der Waals surface area contributed by atoms with Gasteiger partial charge in [0.1, 0.15) is 24.3 Å². The van der Waals surface area contributed by atoms with Gasteiger partial charge in [-0.25, -0.2) is 4.57 Å². The number of carbonyl (C=O) groups excluding carboxylic acids is 2. The third-order valence-corrected chi connectivity index (χ3v) is 5.71. The Hall–Kier alpha value is -4.20. The van der Waals surface area contributed by atoms with Crippen molar-refractivity contribution in [3.8, 4) is 11.5 Å². The fraction of sp³-hybridized carbons (Fsp3) is 0.263. The second-order valence-corrected chi connectivity index (χ2v) is 8.62. The maximum absolute atomic E-state index is 13.6. The summed E-state index contributed by atoms with van der Waals surface area (Å²) in [6.07, 6.45) is -6.98. The number of nitro groups is 2. The molecule has 0 aliphatic heterocycles. The van der Waals surface area contributed by atoms with Crippen LogP contribution >= 0.6 is 7.60 Å². The summed E-state index contributed by atoms with van der Waals surface area (Å²) in [4.78, 5) is 44.0. The van der Waals surface area contributed by atoms with Crippen LogP contribution in [0, 0.1) is 20.2 Å². The minimum atomic E-state index is -5.51. The van der Waals surface area contributed by atoms with Crippen LogP contribution in [0.4, 0.5) is 24.5 Å². The van der Waals surface area contributed by atoms with Gasteiger partial charge in [0.05, 0.1) is 28.6 Å². The monoisotopic (exact) mass is 535 g/mol. The van der Waals surface area contributed by atoms with Gasteiger partial charge in [0.15, 0.2) is 0 Å². The molecule has 2 aromatic carbocycles. The number of hydrogen-bond donors (Lipinski definition) is 0. The first-order valence-electron chi connectivity index (χ1n) is 9.73. The van der Waals surface area contributed by atoms with Gasteiger partial charge in [0.2, 0.25) is 0 Å². The van der Waals surface area contributed by atoms with Crippen molar-refractivity contribution in [2.45, 2.75) is 13.1 Å². The second kappa shape index (κ2) is 11.5. The molecule has 0 heterocycles. The van der Waals surface area contributed by atoms with Crippen molar-refractivity contribution >= 4 is 30.8 Å². The van der Waals surface area contributed by atoms with Crippen LogP contribution in [0.3, 0.4) is 0 Å². The van der Waals surface area contributed by atoms with E-state index in [1.807, 2.05) is 0 Å². The van der Waals surface area contributed by atoms with Gasteiger partial charge in [-0.15, -0.1) is 0 Å². The number of hydrogen-bond acceptors (Lipinski definition) is 10. The highest BCUT2D eigenvalue weighted by molar-refractivity contribution is 7.54. The molecule has 0 radical (unpaired) electrons. The van der Waals surface area contributed by atoms with E-state index >= 15 is 0 Å². The van der Waals surface area contributed by atoms with E-state index in [4.69, 9.17) is 9.05 Å². The Kier molecular flexibility index (Phi) is 8.95. The Morgan fingerprint density at radius 2 is 1.44 bits per heavy atom. The van der Waals surface area contributed by atoms with Gasteiger partial charge >= 0.3 is 25.6 Å². The molecule has 0 saturated carbocycles. The zero-order valence-corrected chi connectivity index (χ0v) is 19.1. The van der Waals surface area contributed by atoms with Crippen molar-refractivity contribution in [2.75, 3.05) is 19.4 Å². The van der Waals surface area contributed by atoms with Crippen LogP contribution in [0.15, 0.2) is 48.5 Å². The number of nitro benzene ring substituents is 2. The number of ether oxygens (including phenoxy) is 1. The van der Waals surface area contributed by atoms with Crippen molar-refractivity contribution in [2.24, 2.45) is 0 Å². The Balaban J connectivity index is 2.52. The molecule has 0 fully saturated rings. The van der Waals surface area contributed by atoms with Crippen LogP contribution in [0.5, 0.6) is 11.5 Å². The van der Waals surface area contributed by atoms with E-state index in [0.29, 0.717) is 0 Å². The highest BCUT2D eigenvalue weighted by Crippen LogP contribution is 2.50. The normalized spacial score (nSPS) is 11.3. The van der Waals surface area contributed by atoms with Gasteiger partial charge in [-0.05, 0) is 19.1 Å².